The number of amides is 1. The lowest BCUT2D eigenvalue weighted by atomic mass is 10.2. The number of aromatic nitrogens is 2. The van der Waals surface area contributed by atoms with Crippen molar-refractivity contribution in [1.82, 2.24) is 15.4 Å². The van der Waals surface area contributed by atoms with E-state index in [9.17, 15) is 18.0 Å². The van der Waals surface area contributed by atoms with Crippen molar-refractivity contribution < 1.29 is 18.0 Å². The molecule has 0 radical (unpaired) electrons. The third-order valence-corrected chi connectivity index (χ3v) is 2.67. The summed E-state index contributed by atoms with van der Waals surface area (Å²) in [5.41, 5.74) is 1.32. The van der Waals surface area contributed by atoms with Gasteiger partial charge in [0.05, 0.1) is 17.8 Å². The first-order valence-corrected chi connectivity index (χ1v) is 5.98. The zero-order valence-corrected chi connectivity index (χ0v) is 9.89. The van der Waals surface area contributed by atoms with E-state index in [2.05, 4.69) is 20.5 Å². The van der Waals surface area contributed by atoms with E-state index in [0.29, 0.717) is 0 Å². The van der Waals surface area contributed by atoms with E-state index in [1.54, 1.807) is 6.26 Å². The Balaban J connectivity index is 2.45. The Bertz CT molecular complexity index is 529. The molecule has 2 rings (SSSR count). The number of thioether (sulfide) groups is 1. The van der Waals surface area contributed by atoms with Gasteiger partial charge in [0.1, 0.15) is 5.69 Å². The molecule has 2 heterocycles. The molecule has 18 heavy (non-hydrogen) atoms. The van der Waals surface area contributed by atoms with Gasteiger partial charge in [-0.15, -0.1) is 0 Å². The number of nitrogens with one attached hydrogen (secondary N) is 1. The van der Waals surface area contributed by atoms with Crippen molar-refractivity contribution in [3.63, 3.8) is 0 Å². The maximum Gasteiger partial charge on any atom is 0.433 e. The van der Waals surface area contributed by atoms with Gasteiger partial charge in [-0.2, -0.15) is 18.3 Å². The second-order valence-electron chi connectivity index (χ2n) is 3.39. The molecule has 0 saturated carbocycles. The summed E-state index contributed by atoms with van der Waals surface area (Å²) in [7, 11) is 0. The maximum atomic E-state index is 12.6. The molecule has 9 heteroatoms. The molecular weight excluding hydrogens is 269 g/mol. The average Bonchev–Trinajstić information content (AvgIpc) is 2.74. The zero-order valence-electron chi connectivity index (χ0n) is 9.08. The summed E-state index contributed by atoms with van der Waals surface area (Å²) in [6.07, 6.45) is -3.07. The van der Waals surface area contributed by atoms with E-state index in [0.717, 1.165) is 17.8 Å². The number of hydrogen-bond acceptors (Lipinski definition) is 5. The number of hydrazone groups is 1. The Labute approximate surface area is 104 Å². The van der Waals surface area contributed by atoms with Crippen LogP contribution in [0.15, 0.2) is 16.3 Å². The lowest BCUT2D eigenvalue weighted by Crippen LogP contribution is -2.13. The molecule has 5 nitrogen and oxygen atoms in total. The standard InChI is InChI=1S/C9H7F3N4OS/c1-18-8-13-4(5-3-7(17)16-15-5)2-6(14-8)9(10,11)12/h2H,3H2,1H3,(H,16,17). The second-order valence-corrected chi connectivity index (χ2v) is 4.17. The van der Waals surface area contributed by atoms with E-state index in [1.807, 2.05) is 0 Å². The van der Waals surface area contributed by atoms with E-state index in [1.165, 1.54) is 0 Å². The summed E-state index contributed by atoms with van der Waals surface area (Å²) in [5.74, 6) is -0.372. The molecule has 0 bridgehead atoms. The van der Waals surface area contributed by atoms with Crippen LogP contribution in [0.2, 0.25) is 0 Å². The molecule has 0 aromatic carbocycles. The van der Waals surface area contributed by atoms with Crippen molar-refractivity contribution in [3.05, 3.63) is 17.5 Å². The zero-order chi connectivity index (χ0) is 13.3. The first-order chi connectivity index (χ1) is 8.40. The molecule has 0 aliphatic carbocycles. The molecule has 1 aromatic heterocycles. The molecule has 1 N–H and O–H groups in total. The lowest BCUT2D eigenvalue weighted by molar-refractivity contribution is -0.141. The number of alkyl halides is 3. The number of rotatable bonds is 2. The number of halogens is 3. The van der Waals surface area contributed by atoms with Crippen LogP contribution in [0, 0.1) is 0 Å². The van der Waals surface area contributed by atoms with Crippen LogP contribution in [0.25, 0.3) is 0 Å². The van der Waals surface area contributed by atoms with Gasteiger partial charge in [0, 0.05) is 0 Å². The van der Waals surface area contributed by atoms with Gasteiger partial charge < -0.3 is 0 Å². The number of carbonyl (C=O) groups is 1. The SMILES string of the molecule is CSc1nc(C2=NNC(=O)C2)cc(C(F)(F)F)n1. The van der Waals surface area contributed by atoms with Crippen molar-refractivity contribution in [2.45, 2.75) is 17.8 Å². The van der Waals surface area contributed by atoms with Crippen molar-refractivity contribution >= 4 is 23.4 Å². The summed E-state index contributed by atoms with van der Waals surface area (Å²) in [5, 5.41) is 3.62. The highest BCUT2D eigenvalue weighted by molar-refractivity contribution is 7.98. The number of nitrogens with zero attached hydrogens (tertiary/aromatic N) is 3. The van der Waals surface area contributed by atoms with E-state index in [-0.39, 0.29) is 28.9 Å². The first-order valence-electron chi connectivity index (χ1n) is 4.76. The lowest BCUT2D eigenvalue weighted by Gasteiger charge is -2.08. The largest absolute Gasteiger partial charge is 0.433 e. The fourth-order valence-electron chi connectivity index (χ4n) is 1.32. The van der Waals surface area contributed by atoms with Gasteiger partial charge in [0.2, 0.25) is 5.91 Å². The Morgan fingerprint density at radius 1 is 1.39 bits per heavy atom. The Morgan fingerprint density at radius 3 is 2.61 bits per heavy atom. The van der Waals surface area contributed by atoms with Gasteiger partial charge in [0.25, 0.3) is 0 Å². The molecule has 0 fully saturated rings. The third kappa shape index (κ3) is 2.61. The topological polar surface area (TPSA) is 67.2 Å². The van der Waals surface area contributed by atoms with Gasteiger partial charge in [-0.1, -0.05) is 11.8 Å². The molecule has 0 atom stereocenters. The molecular formula is C9H7F3N4OS. The van der Waals surface area contributed by atoms with Crippen LogP contribution in [0.3, 0.4) is 0 Å². The van der Waals surface area contributed by atoms with Gasteiger partial charge in [-0.3, -0.25) is 4.79 Å². The van der Waals surface area contributed by atoms with Crippen LogP contribution in [0.4, 0.5) is 13.2 Å². The van der Waals surface area contributed by atoms with Gasteiger partial charge in [-0.05, 0) is 12.3 Å². The fraction of sp³-hybridized carbons (Fsp3) is 0.333. The van der Waals surface area contributed by atoms with E-state index >= 15 is 0 Å². The van der Waals surface area contributed by atoms with Gasteiger partial charge in [-0.25, -0.2) is 15.4 Å². The smallest absolute Gasteiger partial charge is 0.273 e. The summed E-state index contributed by atoms with van der Waals surface area (Å²) in [6.45, 7) is 0. The summed E-state index contributed by atoms with van der Waals surface area (Å²) in [4.78, 5) is 18.3. The van der Waals surface area contributed by atoms with Crippen LogP contribution in [-0.4, -0.2) is 27.8 Å². The van der Waals surface area contributed by atoms with Crippen LogP contribution >= 0.6 is 11.8 Å². The van der Waals surface area contributed by atoms with Crippen molar-refractivity contribution in [2.24, 2.45) is 5.10 Å². The van der Waals surface area contributed by atoms with Crippen molar-refractivity contribution in [1.29, 1.82) is 0 Å². The Morgan fingerprint density at radius 2 is 2.11 bits per heavy atom. The highest BCUT2D eigenvalue weighted by atomic mass is 32.2. The fourth-order valence-corrected chi connectivity index (χ4v) is 1.70. The Kier molecular flexibility index (Phi) is 3.24. The third-order valence-electron chi connectivity index (χ3n) is 2.12. The van der Waals surface area contributed by atoms with Crippen LogP contribution < -0.4 is 5.43 Å². The second kappa shape index (κ2) is 4.56. The molecule has 96 valence electrons. The predicted molar refractivity (Wildman–Crippen MR) is 58.1 cm³/mol. The maximum absolute atomic E-state index is 12.6. The summed E-state index contributed by atoms with van der Waals surface area (Å²) in [6, 6.07) is 0.791. The molecule has 0 unspecified atom stereocenters. The molecule has 0 saturated heterocycles. The Hall–Kier alpha value is -1.64. The van der Waals surface area contributed by atoms with E-state index < -0.39 is 11.9 Å². The highest BCUT2D eigenvalue weighted by Gasteiger charge is 2.34. The van der Waals surface area contributed by atoms with Crippen LogP contribution in [0.1, 0.15) is 17.8 Å². The van der Waals surface area contributed by atoms with Gasteiger partial charge in [0.15, 0.2) is 5.16 Å². The molecule has 1 amide bonds. The average molecular weight is 276 g/mol. The minimum absolute atomic E-state index is 0.0122. The predicted octanol–water partition coefficient (Wildman–Crippen LogP) is 1.44. The van der Waals surface area contributed by atoms with Crippen LogP contribution in [-0.2, 0) is 11.0 Å². The monoisotopic (exact) mass is 276 g/mol. The number of hydrogen-bond donors (Lipinski definition) is 1. The normalized spacial score (nSPS) is 15.6. The van der Waals surface area contributed by atoms with Crippen molar-refractivity contribution in [2.75, 3.05) is 6.26 Å². The summed E-state index contributed by atoms with van der Waals surface area (Å²) < 4.78 is 37.9. The van der Waals surface area contributed by atoms with Crippen molar-refractivity contribution in [3.8, 4) is 0 Å². The molecule has 1 aliphatic rings. The summed E-state index contributed by atoms with van der Waals surface area (Å²) >= 11 is 0.990. The highest BCUT2D eigenvalue weighted by Crippen LogP contribution is 2.29. The molecule has 0 spiro atoms. The van der Waals surface area contributed by atoms with Crippen LogP contribution in [0.5, 0.6) is 0 Å². The minimum atomic E-state index is -4.56. The van der Waals surface area contributed by atoms with E-state index in [4.69, 9.17) is 0 Å². The number of carbonyl (C=O) groups excluding carboxylic acids is 1. The molecule has 1 aliphatic heterocycles. The molecule has 1 aromatic rings. The van der Waals surface area contributed by atoms with Gasteiger partial charge >= 0.3 is 6.18 Å². The quantitative estimate of drug-likeness (QED) is 0.655. The first kappa shape index (κ1) is 12.8. The minimum Gasteiger partial charge on any atom is -0.273 e.